The highest BCUT2D eigenvalue weighted by Gasteiger charge is 2.23. The van der Waals surface area contributed by atoms with E-state index in [-0.39, 0.29) is 24.0 Å². The summed E-state index contributed by atoms with van der Waals surface area (Å²) < 4.78 is 2.36. The average molecular weight is 558 g/mol. The van der Waals surface area contributed by atoms with Crippen molar-refractivity contribution in [2.75, 3.05) is 33.2 Å². The highest BCUT2D eigenvalue weighted by Crippen LogP contribution is 2.25. The molecule has 3 heterocycles. The second-order valence-electron chi connectivity index (χ2n) is 9.82. The maximum Gasteiger partial charge on any atom is 0.191 e. The number of aliphatic imine (C=N–C) groups is 1. The van der Waals surface area contributed by atoms with Gasteiger partial charge >= 0.3 is 0 Å². The maximum absolute atomic E-state index is 4.46. The predicted octanol–water partition coefficient (Wildman–Crippen LogP) is 3.76. The zero-order valence-electron chi connectivity index (χ0n) is 20.0. The van der Waals surface area contributed by atoms with Gasteiger partial charge in [0.05, 0.1) is 0 Å². The van der Waals surface area contributed by atoms with Crippen molar-refractivity contribution in [1.82, 2.24) is 30.3 Å². The topological polar surface area (TPSA) is 70.4 Å². The summed E-state index contributed by atoms with van der Waals surface area (Å²) in [6.07, 6.45) is 16.6. The molecule has 182 valence electrons. The fraction of sp³-hybridized carbons (Fsp3) is 0.875. The molecular formula is C24H44IN7. The number of hydrogen-bond donors (Lipinski definition) is 2. The number of fused-ring (bicyclic) bond motifs is 1. The minimum absolute atomic E-state index is 0. The Hall–Kier alpha value is -0.900. The van der Waals surface area contributed by atoms with Crippen LogP contribution in [-0.4, -0.2) is 64.9 Å². The minimum Gasteiger partial charge on any atom is -0.356 e. The molecule has 8 heteroatoms. The van der Waals surface area contributed by atoms with E-state index in [4.69, 9.17) is 0 Å². The van der Waals surface area contributed by atoms with Crippen molar-refractivity contribution in [1.29, 1.82) is 0 Å². The van der Waals surface area contributed by atoms with Crippen molar-refractivity contribution in [3.63, 3.8) is 0 Å². The third kappa shape index (κ3) is 7.57. The molecule has 2 fully saturated rings. The summed E-state index contributed by atoms with van der Waals surface area (Å²) in [5, 5.41) is 16.0. The largest absolute Gasteiger partial charge is 0.356 e. The summed E-state index contributed by atoms with van der Waals surface area (Å²) in [6.45, 7) is 5.79. The van der Waals surface area contributed by atoms with Crippen LogP contribution in [-0.2, 0) is 19.4 Å². The molecule has 1 aromatic heterocycles. The molecule has 0 bridgehead atoms. The first-order chi connectivity index (χ1) is 15.3. The van der Waals surface area contributed by atoms with Crippen molar-refractivity contribution >= 4 is 29.9 Å². The Bertz CT molecular complexity index is 691. The van der Waals surface area contributed by atoms with Gasteiger partial charge in [0.25, 0.3) is 0 Å². The highest BCUT2D eigenvalue weighted by atomic mass is 127. The van der Waals surface area contributed by atoms with E-state index in [9.17, 15) is 0 Å². The average Bonchev–Trinajstić information content (AvgIpc) is 3.03. The second-order valence-corrected chi connectivity index (χ2v) is 9.82. The van der Waals surface area contributed by atoms with Gasteiger partial charge in [0.1, 0.15) is 11.6 Å². The van der Waals surface area contributed by atoms with Crippen LogP contribution in [0.3, 0.4) is 0 Å². The molecule has 1 aliphatic carbocycles. The lowest BCUT2D eigenvalue weighted by Gasteiger charge is -2.36. The van der Waals surface area contributed by atoms with Crippen molar-refractivity contribution in [3.05, 3.63) is 11.6 Å². The van der Waals surface area contributed by atoms with Crippen LogP contribution in [0.2, 0.25) is 0 Å². The zero-order chi connectivity index (χ0) is 21.3. The van der Waals surface area contributed by atoms with Gasteiger partial charge in [0.15, 0.2) is 5.96 Å². The number of halogens is 1. The van der Waals surface area contributed by atoms with E-state index in [2.05, 4.69) is 35.3 Å². The smallest absolute Gasteiger partial charge is 0.191 e. The second kappa shape index (κ2) is 13.7. The number of piperidine rings is 1. The molecule has 0 unspecified atom stereocenters. The number of guanidine groups is 1. The Balaban J connectivity index is 0.00000289. The van der Waals surface area contributed by atoms with E-state index in [0.29, 0.717) is 6.04 Å². The summed E-state index contributed by atoms with van der Waals surface area (Å²) in [4.78, 5) is 7.16. The van der Waals surface area contributed by atoms with Gasteiger partial charge in [-0.2, -0.15) is 0 Å². The Morgan fingerprint density at radius 3 is 2.53 bits per heavy atom. The molecule has 7 nitrogen and oxygen atoms in total. The van der Waals surface area contributed by atoms with Crippen LogP contribution in [0.25, 0.3) is 0 Å². The molecule has 0 atom stereocenters. The summed E-state index contributed by atoms with van der Waals surface area (Å²) in [5.74, 6) is 4.25. The highest BCUT2D eigenvalue weighted by molar-refractivity contribution is 14.0. The summed E-state index contributed by atoms with van der Waals surface area (Å²) in [5.41, 5.74) is 0. The predicted molar refractivity (Wildman–Crippen MR) is 142 cm³/mol. The molecule has 0 aromatic carbocycles. The molecule has 3 aliphatic rings. The van der Waals surface area contributed by atoms with E-state index < -0.39 is 0 Å². The van der Waals surface area contributed by atoms with E-state index >= 15 is 0 Å². The standard InChI is InChI=1S/C24H43N7.HI/c1-25-24(26-15-8-12-23-29-28-22-11-6-3-7-16-31(22)23)27-21-13-17-30(18-14-21)19-20-9-4-2-5-10-20;/h20-21H,2-19H2,1H3,(H2,25,26,27);1H. The number of aryl methyl sites for hydroxylation is 2. The van der Waals surface area contributed by atoms with Gasteiger partial charge in [-0.15, -0.1) is 34.2 Å². The zero-order valence-corrected chi connectivity index (χ0v) is 22.4. The van der Waals surface area contributed by atoms with Gasteiger partial charge in [-0.05, 0) is 50.9 Å². The molecule has 1 aromatic rings. The SMILES string of the molecule is CN=C(NCCCc1nnc2n1CCCCC2)NC1CCN(CC2CCCCC2)CC1.I. The van der Waals surface area contributed by atoms with Gasteiger partial charge in [-0.25, -0.2) is 0 Å². The lowest BCUT2D eigenvalue weighted by molar-refractivity contribution is 0.160. The van der Waals surface area contributed by atoms with Gasteiger partial charge in [0, 0.05) is 58.7 Å². The minimum atomic E-state index is 0. The van der Waals surface area contributed by atoms with Gasteiger partial charge in [0.2, 0.25) is 0 Å². The molecule has 2 aliphatic heterocycles. The quantitative estimate of drug-likeness (QED) is 0.231. The molecule has 0 amide bonds. The fourth-order valence-corrected chi connectivity index (χ4v) is 5.57. The number of nitrogens with one attached hydrogen (secondary N) is 2. The first-order valence-corrected chi connectivity index (χ1v) is 12.9. The van der Waals surface area contributed by atoms with Crippen molar-refractivity contribution in [3.8, 4) is 0 Å². The first kappa shape index (κ1) is 25.7. The monoisotopic (exact) mass is 557 g/mol. The van der Waals surface area contributed by atoms with Crippen LogP contribution < -0.4 is 10.6 Å². The molecular weight excluding hydrogens is 513 g/mol. The first-order valence-electron chi connectivity index (χ1n) is 12.9. The van der Waals surface area contributed by atoms with Crippen molar-refractivity contribution in [2.24, 2.45) is 10.9 Å². The van der Waals surface area contributed by atoms with Gasteiger partial charge in [-0.1, -0.05) is 25.7 Å². The fourth-order valence-electron chi connectivity index (χ4n) is 5.57. The summed E-state index contributed by atoms with van der Waals surface area (Å²) in [6, 6.07) is 0.543. The molecule has 32 heavy (non-hydrogen) atoms. The Morgan fingerprint density at radius 1 is 0.969 bits per heavy atom. The third-order valence-electron chi connectivity index (χ3n) is 7.45. The molecule has 1 saturated heterocycles. The third-order valence-corrected chi connectivity index (χ3v) is 7.45. The number of nitrogens with zero attached hydrogens (tertiary/aromatic N) is 5. The van der Waals surface area contributed by atoms with Crippen LogP contribution in [0.15, 0.2) is 4.99 Å². The van der Waals surface area contributed by atoms with Crippen LogP contribution in [0.1, 0.15) is 82.3 Å². The lowest BCUT2D eigenvalue weighted by atomic mass is 9.88. The molecule has 4 rings (SSSR count). The molecule has 2 N–H and O–H groups in total. The van der Waals surface area contributed by atoms with E-state index in [1.165, 1.54) is 89.7 Å². The number of hydrogen-bond acceptors (Lipinski definition) is 4. The van der Waals surface area contributed by atoms with Crippen LogP contribution >= 0.6 is 24.0 Å². The summed E-state index contributed by atoms with van der Waals surface area (Å²) in [7, 11) is 1.88. The van der Waals surface area contributed by atoms with Gasteiger partial charge in [-0.3, -0.25) is 4.99 Å². The number of likely N-dealkylation sites (tertiary alicyclic amines) is 1. The lowest BCUT2D eigenvalue weighted by Crippen LogP contribution is -2.49. The van der Waals surface area contributed by atoms with Crippen LogP contribution in [0.5, 0.6) is 0 Å². The van der Waals surface area contributed by atoms with E-state index in [0.717, 1.165) is 50.1 Å². The van der Waals surface area contributed by atoms with Crippen LogP contribution in [0, 0.1) is 5.92 Å². The number of rotatable bonds is 7. The molecule has 1 saturated carbocycles. The van der Waals surface area contributed by atoms with E-state index in [1.807, 2.05) is 7.05 Å². The van der Waals surface area contributed by atoms with Crippen molar-refractivity contribution < 1.29 is 0 Å². The molecule has 0 radical (unpaired) electrons. The normalized spacial score (nSPS) is 21.5. The van der Waals surface area contributed by atoms with Crippen LogP contribution in [0.4, 0.5) is 0 Å². The Morgan fingerprint density at radius 2 is 1.75 bits per heavy atom. The summed E-state index contributed by atoms with van der Waals surface area (Å²) >= 11 is 0. The Labute approximate surface area is 211 Å². The van der Waals surface area contributed by atoms with Crippen molar-refractivity contribution in [2.45, 2.75) is 96.1 Å². The Kier molecular flexibility index (Phi) is 11.0. The number of aromatic nitrogens is 3. The molecule has 0 spiro atoms. The maximum atomic E-state index is 4.46. The van der Waals surface area contributed by atoms with Gasteiger partial charge < -0.3 is 20.1 Å². The van der Waals surface area contributed by atoms with E-state index in [1.54, 1.807) is 0 Å².